The van der Waals surface area contributed by atoms with Crippen LogP contribution in [0.15, 0.2) is 42.6 Å². The van der Waals surface area contributed by atoms with Gasteiger partial charge in [-0.3, -0.25) is 19.5 Å². The maximum absolute atomic E-state index is 10.8. The van der Waals surface area contributed by atoms with E-state index < -0.39 is 5.97 Å². The Bertz CT molecular complexity index is 916. The van der Waals surface area contributed by atoms with Gasteiger partial charge in [0, 0.05) is 38.2 Å². The number of rotatable bonds is 6. The largest absolute Gasteiger partial charge is 0.481 e. The van der Waals surface area contributed by atoms with E-state index in [-0.39, 0.29) is 6.42 Å². The number of carbonyl (C=O) groups is 1. The van der Waals surface area contributed by atoms with Crippen molar-refractivity contribution in [3.05, 3.63) is 59.5 Å². The van der Waals surface area contributed by atoms with Gasteiger partial charge in [0.15, 0.2) is 0 Å². The van der Waals surface area contributed by atoms with Crippen LogP contribution in [0.2, 0.25) is 0 Å². The Morgan fingerprint density at radius 3 is 2.89 bits per heavy atom. The highest BCUT2D eigenvalue weighted by Crippen LogP contribution is 2.24. The molecule has 3 aromatic rings. The van der Waals surface area contributed by atoms with Crippen molar-refractivity contribution in [2.45, 2.75) is 38.9 Å². The number of fused-ring (bicyclic) bond motifs is 1. The minimum Gasteiger partial charge on any atom is -0.481 e. The highest BCUT2D eigenvalue weighted by Gasteiger charge is 2.19. The molecule has 140 valence electrons. The standard InChI is InChI=1S/C20H23N5O2/c26-19(27)8-7-17-11-18-14-24(9-4-10-25(18)23-17)13-16-12-21-22-20(16)15-5-2-1-3-6-15/h1-3,5-6,11-12H,4,7-10,13-14H2,(H,21,22)(H,26,27). The van der Waals surface area contributed by atoms with Gasteiger partial charge in [-0.05, 0) is 18.1 Å². The Hall–Kier alpha value is -2.93. The van der Waals surface area contributed by atoms with E-state index in [1.165, 1.54) is 5.56 Å². The molecule has 0 saturated heterocycles. The molecule has 7 nitrogen and oxygen atoms in total. The molecule has 0 amide bonds. The minimum atomic E-state index is -0.784. The number of carboxylic acid groups (broad SMARTS) is 1. The van der Waals surface area contributed by atoms with Gasteiger partial charge in [-0.1, -0.05) is 30.3 Å². The Balaban J connectivity index is 1.48. The Labute approximate surface area is 157 Å². The van der Waals surface area contributed by atoms with Crippen molar-refractivity contribution >= 4 is 5.97 Å². The Morgan fingerprint density at radius 2 is 2.07 bits per heavy atom. The summed E-state index contributed by atoms with van der Waals surface area (Å²) in [5.41, 5.74) is 5.40. The molecule has 0 atom stereocenters. The van der Waals surface area contributed by atoms with Crippen LogP contribution in [-0.2, 0) is 30.8 Å². The van der Waals surface area contributed by atoms with E-state index in [0.29, 0.717) is 6.42 Å². The van der Waals surface area contributed by atoms with Crippen molar-refractivity contribution in [3.8, 4) is 11.3 Å². The van der Waals surface area contributed by atoms with Crippen molar-refractivity contribution in [1.29, 1.82) is 0 Å². The van der Waals surface area contributed by atoms with Crippen molar-refractivity contribution in [1.82, 2.24) is 24.9 Å². The van der Waals surface area contributed by atoms with Crippen LogP contribution >= 0.6 is 0 Å². The highest BCUT2D eigenvalue weighted by molar-refractivity contribution is 5.67. The van der Waals surface area contributed by atoms with Crippen LogP contribution in [0.3, 0.4) is 0 Å². The molecule has 7 heteroatoms. The van der Waals surface area contributed by atoms with Gasteiger partial charge in [0.05, 0.1) is 29.7 Å². The quantitative estimate of drug-likeness (QED) is 0.701. The number of aromatic amines is 1. The van der Waals surface area contributed by atoms with Crippen molar-refractivity contribution in [2.75, 3.05) is 6.54 Å². The lowest BCUT2D eigenvalue weighted by Gasteiger charge is -2.19. The van der Waals surface area contributed by atoms with Gasteiger partial charge in [-0.2, -0.15) is 10.2 Å². The Kier molecular flexibility index (Phi) is 5.02. The number of hydrogen-bond donors (Lipinski definition) is 2. The summed E-state index contributed by atoms with van der Waals surface area (Å²) in [7, 11) is 0. The van der Waals surface area contributed by atoms with Crippen molar-refractivity contribution in [2.24, 2.45) is 0 Å². The average molecular weight is 365 g/mol. The molecular weight excluding hydrogens is 342 g/mol. The lowest BCUT2D eigenvalue weighted by Crippen LogP contribution is -2.22. The normalized spacial score (nSPS) is 14.7. The maximum Gasteiger partial charge on any atom is 0.303 e. The fourth-order valence-electron chi connectivity index (χ4n) is 3.61. The number of nitrogens with zero attached hydrogens (tertiary/aromatic N) is 4. The van der Waals surface area contributed by atoms with E-state index in [1.807, 2.05) is 29.1 Å². The molecule has 1 aliphatic heterocycles. The third-order valence-electron chi connectivity index (χ3n) is 4.91. The second-order valence-electron chi connectivity index (χ2n) is 6.94. The van der Waals surface area contributed by atoms with Crippen LogP contribution in [0, 0.1) is 0 Å². The van der Waals surface area contributed by atoms with Gasteiger partial charge in [0.25, 0.3) is 0 Å². The smallest absolute Gasteiger partial charge is 0.303 e. The molecule has 0 spiro atoms. The summed E-state index contributed by atoms with van der Waals surface area (Å²) in [5.74, 6) is -0.784. The maximum atomic E-state index is 10.8. The van der Waals surface area contributed by atoms with Gasteiger partial charge < -0.3 is 5.11 Å². The summed E-state index contributed by atoms with van der Waals surface area (Å²) in [4.78, 5) is 13.2. The van der Waals surface area contributed by atoms with Crippen LogP contribution in [0.5, 0.6) is 0 Å². The molecule has 0 radical (unpaired) electrons. The van der Waals surface area contributed by atoms with Crippen LogP contribution < -0.4 is 0 Å². The zero-order chi connectivity index (χ0) is 18.6. The fourth-order valence-corrected chi connectivity index (χ4v) is 3.61. The molecule has 1 aliphatic rings. The van der Waals surface area contributed by atoms with Crippen molar-refractivity contribution < 1.29 is 9.90 Å². The number of nitrogens with one attached hydrogen (secondary N) is 1. The summed E-state index contributed by atoms with van der Waals surface area (Å²) in [6, 6.07) is 12.3. The van der Waals surface area contributed by atoms with Gasteiger partial charge in [-0.25, -0.2) is 0 Å². The fraction of sp³-hybridized carbons (Fsp3) is 0.350. The van der Waals surface area contributed by atoms with Gasteiger partial charge in [0.2, 0.25) is 0 Å². The van der Waals surface area contributed by atoms with E-state index in [2.05, 4.69) is 38.4 Å². The lowest BCUT2D eigenvalue weighted by molar-refractivity contribution is -0.136. The summed E-state index contributed by atoms with van der Waals surface area (Å²) < 4.78 is 2.03. The average Bonchev–Trinajstić information content (AvgIpc) is 3.23. The number of H-pyrrole nitrogens is 1. The van der Waals surface area contributed by atoms with E-state index in [9.17, 15) is 4.79 Å². The van der Waals surface area contributed by atoms with Gasteiger partial charge in [0.1, 0.15) is 0 Å². The third-order valence-corrected chi connectivity index (χ3v) is 4.91. The predicted molar refractivity (Wildman–Crippen MR) is 101 cm³/mol. The first-order valence-electron chi connectivity index (χ1n) is 9.26. The lowest BCUT2D eigenvalue weighted by atomic mass is 10.1. The molecular formula is C20H23N5O2. The molecule has 2 N–H and O–H groups in total. The van der Waals surface area contributed by atoms with Crippen LogP contribution in [0.4, 0.5) is 0 Å². The number of carboxylic acids is 1. The first-order valence-corrected chi connectivity index (χ1v) is 9.26. The molecule has 0 fully saturated rings. The zero-order valence-electron chi connectivity index (χ0n) is 15.1. The van der Waals surface area contributed by atoms with Gasteiger partial charge in [-0.15, -0.1) is 0 Å². The number of aryl methyl sites for hydroxylation is 2. The molecule has 3 heterocycles. The van der Waals surface area contributed by atoms with E-state index in [4.69, 9.17) is 5.11 Å². The molecule has 0 unspecified atom stereocenters. The highest BCUT2D eigenvalue weighted by atomic mass is 16.4. The molecule has 0 saturated carbocycles. The van der Waals surface area contributed by atoms with E-state index in [1.54, 1.807) is 0 Å². The topological polar surface area (TPSA) is 87.0 Å². The number of hydrogen-bond acceptors (Lipinski definition) is 4. The van der Waals surface area contributed by atoms with Gasteiger partial charge >= 0.3 is 5.97 Å². The summed E-state index contributed by atoms with van der Waals surface area (Å²) in [5, 5.41) is 20.8. The minimum absolute atomic E-state index is 0.121. The predicted octanol–water partition coefficient (Wildman–Crippen LogP) is 2.70. The summed E-state index contributed by atoms with van der Waals surface area (Å²) in [6.45, 7) is 3.49. The molecule has 0 bridgehead atoms. The van der Waals surface area contributed by atoms with Crippen LogP contribution in [-0.4, -0.2) is 42.5 Å². The molecule has 1 aromatic carbocycles. The number of aromatic nitrogens is 4. The number of benzene rings is 1. The first kappa shape index (κ1) is 17.5. The second-order valence-corrected chi connectivity index (χ2v) is 6.94. The summed E-state index contributed by atoms with van der Waals surface area (Å²) >= 11 is 0. The molecule has 27 heavy (non-hydrogen) atoms. The SMILES string of the molecule is O=C(O)CCc1cc2n(n1)CCCN(Cc1cn[nH]c1-c1ccccc1)C2. The number of aliphatic carboxylic acids is 1. The third kappa shape index (κ3) is 4.09. The monoisotopic (exact) mass is 365 g/mol. The van der Waals surface area contributed by atoms with Crippen molar-refractivity contribution in [3.63, 3.8) is 0 Å². The molecule has 0 aliphatic carbocycles. The summed E-state index contributed by atoms with van der Waals surface area (Å²) in [6.07, 6.45) is 3.53. The molecule has 2 aromatic heterocycles. The zero-order valence-corrected chi connectivity index (χ0v) is 15.1. The Morgan fingerprint density at radius 1 is 1.22 bits per heavy atom. The first-order chi connectivity index (χ1) is 13.2. The molecule has 4 rings (SSSR count). The van der Waals surface area contributed by atoms with Crippen LogP contribution in [0.25, 0.3) is 11.3 Å². The second kappa shape index (κ2) is 7.75. The van der Waals surface area contributed by atoms with E-state index >= 15 is 0 Å². The van der Waals surface area contributed by atoms with Crippen LogP contribution in [0.1, 0.15) is 29.8 Å². The van der Waals surface area contributed by atoms with E-state index in [0.717, 1.165) is 55.2 Å².